The van der Waals surface area contributed by atoms with Gasteiger partial charge in [-0.05, 0) is 71.7 Å². The fourth-order valence-electron chi connectivity index (χ4n) is 5.09. The number of piperidine rings is 1. The van der Waals surface area contributed by atoms with Crippen molar-refractivity contribution in [3.8, 4) is 5.75 Å². The predicted octanol–water partition coefficient (Wildman–Crippen LogP) is 4.38. The summed E-state index contributed by atoms with van der Waals surface area (Å²) >= 11 is 0. The zero-order valence-corrected chi connectivity index (χ0v) is 15.6. The third-order valence-electron chi connectivity index (χ3n) is 7.28. The summed E-state index contributed by atoms with van der Waals surface area (Å²) in [4.78, 5) is 2.78. The normalized spacial score (nSPS) is 37.7. The minimum atomic E-state index is 0. The van der Waals surface area contributed by atoms with E-state index in [1.165, 1.54) is 37.1 Å². The summed E-state index contributed by atoms with van der Waals surface area (Å²) in [6.07, 6.45) is 3.76. The van der Waals surface area contributed by atoms with E-state index in [1.807, 2.05) is 12.1 Å². The molecular formula is C20H30ClNO. The topological polar surface area (TPSA) is 23.5 Å². The quantitative estimate of drug-likeness (QED) is 0.866. The van der Waals surface area contributed by atoms with Crippen LogP contribution in [0.2, 0.25) is 0 Å². The number of phenols is 1. The number of likely N-dealkylation sites (tertiary alicyclic amines) is 1. The lowest BCUT2D eigenvalue weighted by atomic mass is 9.59. The van der Waals surface area contributed by atoms with Crippen LogP contribution < -0.4 is 0 Å². The van der Waals surface area contributed by atoms with Crippen molar-refractivity contribution in [1.29, 1.82) is 0 Å². The number of hydrogen-bond acceptors (Lipinski definition) is 2. The molecule has 2 bridgehead atoms. The number of hydrogen-bond donors (Lipinski definition) is 1. The lowest BCUT2D eigenvalue weighted by Gasteiger charge is -2.55. The van der Waals surface area contributed by atoms with Crippen LogP contribution in [0.4, 0.5) is 0 Å². The molecular weight excluding hydrogens is 306 g/mol. The van der Waals surface area contributed by atoms with Crippen molar-refractivity contribution in [3.05, 3.63) is 29.3 Å². The van der Waals surface area contributed by atoms with Gasteiger partial charge in [-0.15, -0.1) is 12.4 Å². The SMILES string of the molecule is CC1C2Cc3ccc(O)cc3C1(C)CCN2CC1CC1(C)C.Cl. The Labute approximate surface area is 146 Å². The second-order valence-corrected chi connectivity index (χ2v) is 8.95. The molecule has 1 aliphatic heterocycles. The standard InChI is InChI=1S/C20H29NO.ClH/c1-13-18-9-14-5-6-16(22)10-17(14)20(13,4)7-8-21(18)12-15-11-19(15,2)3;/h5-6,10,13,15,18,22H,7-9,11-12H2,1-4H3;1H. The van der Waals surface area contributed by atoms with E-state index in [-0.39, 0.29) is 17.8 Å². The highest BCUT2D eigenvalue weighted by Gasteiger charge is 2.52. The minimum Gasteiger partial charge on any atom is -0.508 e. The van der Waals surface area contributed by atoms with Gasteiger partial charge in [-0.2, -0.15) is 0 Å². The van der Waals surface area contributed by atoms with Crippen LogP contribution in [0, 0.1) is 17.3 Å². The van der Waals surface area contributed by atoms with Crippen molar-refractivity contribution in [2.75, 3.05) is 13.1 Å². The molecule has 1 saturated heterocycles. The largest absolute Gasteiger partial charge is 0.508 e. The Morgan fingerprint density at radius 2 is 1.96 bits per heavy atom. The van der Waals surface area contributed by atoms with Crippen LogP contribution in [0.3, 0.4) is 0 Å². The average molecular weight is 336 g/mol. The van der Waals surface area contributed by atoms with Crippen molar-refractivity contribution >= 4 is 12.4 Å². The van der Waals surface area contributed by atoms with Gasteiger partial charge in [-0.25, -0.2) is 0 Å². The highest BCUT2D eigenvalue weighted by molar-refractivity contribution is 5.85. The van der Waals surface area contributed by atoms with E-state index in [0.29, 0.717) is 23.1 Å². The highest BCUT2D eigenvalue weighted by atomic mass is 35.5. The molecule has 0 radical (unpaired) electrons. The Morgan fingerprint density at radius 3 is 2.61 bits per heavy atom. The smallest absolute Gasteiger partial charge is 0.115 e. The van der Waals surface area contributed by atoms with Gasteiger partial charge in [0, 0.05) is 12.6 Å². The van der Waals surface area contributed by atoms with Crippen LogP contribution >= 0.6 is 12.4 Å². The molecule has 23 heavy (non-hydrogen) atoms. The second-order valence-electron chi connectivity index (χ2n) is 8.95. The van der Waals surface area contributed by atoms with Gasteiger partial charge >= 0.3 is 0 Å². The summed E-state index contributed by atoms with van der Waals surface area (Å²) < 4.78 is 0. The summed E-state index contributed by atoms with van der Waals surface area (Å²) in [5.74, 6) is 1.98. The van der Waals surface area contributed by atoms with Crippen molar-refractivity contribution in [1.82, 2.24) is 4.90 Å². The van der Waals surface area contributed by atoms with Gasteiger partial charge in [0.2, 0.25) is 0 Å². The summed E-state index contributed by atoms with van der Waals surface area (Å²) in [5, 5.41) is 9.91. The number of halogens is 1. The van der Waals surface area contributed by atoms with Crippen LogP contribution in [0.1, 0.15) is 51.7 Å². The van der Waals surface area contributed by atoms with Gasteiger partial charge in [0.1, 0.15) is 5.75 Å². The molecule has 1 heterocycles. The summed E-state index contributed by atoms with van der Waals surface area (Å²) in [6.45, 7) is 12.2. The zero-order chi connectivity index (χ0) is 15.7. The van der Waals surface area contributed by atoms with Gasteiger partial charge in [0.25, 0.3) is 0 Å². The lowest BCUT2D eigenvalue weighted by molar-refractivity contribution is 0.0262. The van der Waals surface area contributed by atoms with Crippen LogP contribution in [0.25, 0.3) is 0 Å². The number of nitrogens with zero attached hydrogens (tertiary/aromatic N) is 1. The number of phenolic OH excluding ortho intramolecular Hbond substituents is 1. The van der Waals surface area contributed by atoms with E-state index >= 15 is 0 Å². The van der Waals surface area contributed by atoms with Gasteiger partial charge in [-0.1, -0.05) is 33.8 Å². The molecule has 1 saturated carbocycles. The molecule has 4 unspecified atom stereocenters. The average Bonchev–Trinajstić information content (AvgIpc) is 3.05. The molecule has 0 amide bonds. The van der Waals surface area contributed by atoms with Crippen molar-refractivity contribution in [3.63, 3.8) is 0 Å². The molecule has 128 valence electrons. The number of fused-ring (bicyclic) bond motifs is 4. The third kappa shape index (κ3) is 2.59. The number of benzene rings is 1. The van der Waals surface area contributed by atoms with E-state index in [4.69, 9.17) is 0 Å². The highest BCUT2D eigenvalue weighted by Crippen LogP contribution is 2.54. The first-order chi connectivity index (χ1) is 10.3. The summed E-state index contributed by atoms with van der Waals surface area (Å²) in [7, 11) is 0. The fraction of sp³-hybridized carbons (Fsp3) is 0.700. The van der Waals surface area contributed by atoms with Crippen LogP contribution in [-0.2, 0) is 11.8 Å². The Kier molecular flexibility index (Phi) is 4.01. The minimum absolute atomic E-state index is 0. The maximum Gasteiger partial charge on any atom is 0.115 e. The summed E-state index contributed by atoms with van der Waals surface area (Å²) in [6, 6.07) is 6.73. The first kappa shape index (κ1) is 17.1. The van der Waals surface area contributed by atoms with Gasteiger partial charge in [-0.3, -0.25) is 4.90 Å². The third-order valence-corrected chi connectivity index (χ3v) is 7.28. The van der Waals surface area contributed by atoms with Crippen LogP contribution in [0.5, 0.6) is 5.75 Å². The maximum atomic E-state index is 9.91. The number of rotatable bonds is 2. The number of aromatic hydroxyl groups is 1. The van der Waals surface area contributed by atoms with Crippen LogP contribution in [-0.4, -0.2) is 29.1 Å². The van der Waals surface area contributed by atoms with Gasteiger partial charge in [0.15, 0.2) is 0 Å². The fourth-order valence-corrected chi connectivity index (χ4v) is 5.09. The molecule has 0 aromatic heterocycles. The lowest BCUT2D eigenvalue weighted by Crippen LogP contribution is -2.58. The second kappa shape index (κ2) is 5.39. The molecule has 2 nitrogen and oxygen atoms in total. The van der Waals surface area contributed by atoms with Crippen molar-refractivity contribution < 1.29 is 5.11 Å². The molecule has 1 aromatic carbocycles. The Hall–Kier alpha value is -0.730. The van der Waals surface area contributed by atoms with E-state index in [1.54, 1.807) is 0 Å². The van der Waals surface area contributed by atoms with Crippen molar-refractivity contribution in [2.45, 2.75) is 58.4 Å². The monoisotopic (exact) mass is 335 g/mol. The predicted molar refractivity (Wildman–Crippen MR) is 97.4 cm³/mol. The van der Waals surface area contributed by atoms with E-state index in [9.17, 15) is 5.11 Å². The molecule has 3 heteroatoms. The molecule has 2 aliphatic carbocycles. The van der Waals surface area contributed by atoms with Crippen LogP contribution in [0.15, 0.2) is 18.2 Å². The first-order valence-corrected chi connectivity index (χ1v) is 8.88. The Balaban J connectivity index is 0.00000156. The van der Waals surface area contributed by atoms with Gasteiger partial charge in [0.05, 0.1) is 0 Å². The van der Waals surface area contributed by atoms with E-state index in [0.717, 1.165) is 12.3 Å². The molecule has 3 aliphatic rings. The molecule has 4 atom stereocenters. The van der Waals surface area contributed by atoms with Crippen molar-refractivity contribution in [2.24, 2.45) is 17.3 Å². The molecule has 2 fully saturated rings. The van der Waals surface area contributed by atoms with Gasteiger partial charge < -0.3 is 5.11 Å². The summed E-state index contributed by atoms with van der Waals surface area (Å²) in [5.41, 5.74) is 3.67. The Bertz CT molecular complexity index is 614. The molecule has 0 spiro atoms. The first-order valence-electron chi connectivity index (χ1n) is 8.88. The van der Waals surface area contributed by atoms with E-state index in [2.05, 4.69) is 38.7 Å². The maximum absolute atomic E-state index is 9.91. The molecule has 1 aromatic rings. The zero-order valence-electron chi connectivity index (χ0n) is 14.8. The molecule has 4 rings (SSSR count). The molecule has 1 N–H and O–H groups in total. The van der Waals surface area contributed by atoms with E-state index < -0.39 is 0 Å². The Morgan fingerprint density at radius 1 is 1.26 bits per heavy atom.